The zero-order chi connectivity index (χ0) is 17.8. The molecule has 1 aromatic carbocycles. The number of nitrogens with zero attached hydrogens (tertiary/aromatic N) is 5. The summed E-state index contributed by atoms with van der Waals surface area (Å²) >= 11 is 13.0. The van der Waals surface area contributed by atoms with Crippen LogP contribution in [0.15, 0.2) is 47.8 Å². The Morgan fingerprint density at radius 1 is 1.24 bits per heavy atom. The molecule has 0 bridgehead atoms. The van der Waals surface area contributed by atoms with Gasteiger partial charge in [0.05, 0.1) is 16.0 Å². The number of tetrazole rings is 1. The summed E-state index contributed by atoms with van der Waals surface area (Å²) in [7, 11) is 0. The first-order valence-corrected chi connectivity index (χ1v) is 8.80. The molecule has 10 heteroatoms. The Morgan fingerprint density at radius 2 is 2.08 bits per heavy atom. The second kappa shape index (κ2) is 7.81. The summed E-state index contributed by atoms with van der Waals surface area (Å²) < 4.78 is 1.53. The molecule has 0 saturated heterocycles. The normalized spacial score (nSPS) is 12.0. The molecule has 3 rings (SSSR count). The molecule has 2 aromatic heterocycles. The highest BCUT2D eigenvalue weighted by atomic mass is 35.5. The van der Waals surface area contributed by atoms with Gasteiger partial charge in [0.2, 0.25) is 11.1 Å². The van der Waals surface area contributed by atoms with E-state index < -0.39 is 5.25 Å². The molecule has 1 amide bonds. The van der Waals surface area contributed by atoms with Crippen molar-refractivity contribution in [2.75, 3.05) is 5.32 Å². The molecule has 1 atom stereocenters. The second-order valence-electron chi connectivity index (χ2n) is 4.96. The van der Waals surface area contributed by atoms with E-state index in [4.69, 9.17) is 23.2 Å². The fraction of sp³-hybridized carbons (Fsp3) is 0.133. The zero-order valence-corrected chi connectivity index (χ0v) is 15.3. The van der Waals surface area contributed by atoms with Crippen LogP contribution in [-0.4, -0.2) is 36.3 Å². The monoisotopic (exact) mass is 394 g/mol. The van der Waals surface area contributed by atoms with Gasteiger partial charge in [-0.3, -0.25) is 4.79 Å². The average Bonchev–Trinajstić information content (AvgIpc) is 3.05. The van der Waals surface area contributed by atoms with Crippen LogP contribution in [0.3, 0.4) is 0 Å². The number of pyridine rings is 1. The Balaban J connectivity index is 1.71. The number of nitrogens with one attached hydrogen (secondary N) is 1. The minimum absolute atomic E-state index is 0.222. The lowest BCUT2D eigenvalue weighted by molar-refractivity contribution is -0.115. The van der Waals surface area contributed by atoms with Crippen LogP contribution in [0, 0.1) is 0 Å². The smallest absolute Gasteiger partial charge is 0.238 e. The van der Waals surface area contributed by atoms with Gasteiger partial charge in [-0.15, -0.1) is 5.10 Å². The van der Waals surface area contributed by atoms with E-state index in [-0.39, 0.29) is 5.91 Å². The minimum Gasteiger partial charge on any atom is -0.310 e. The van der Waals surface area contributed by atoms with Crippen LogP contribution in [-0.2, 0) is 4.79 Å². The van der Waals surface area contributed by atoms with Gasteiger partial charge < -0.3 is 5.32 Å². The molecule has 25 heavy (non-hydrogen) atoms. The summed E-state index contributed by atoms with van der Waals surface area (Å²) in [5.41, 5.74) is 0.715. The number of benzene rings is 1. The number of hydrogen-bond donors (Lipinski definition) is 1. The molecule has 3 aromatic rings. The highest BCUT2D eigenvalue weighted by Gasteiger charge is 2.19. The molecule has 0 aliphatic heterocycles. The van der Waals surface area contributed by atoms with Crippen molar-refractivity contribution in [2.24, 2.45) is 0 Å². The number of carbonyl (C=O) groups is 1. The molecule has 2 heterocycles. The number of hydrogen-bond acceptors (Lipinski definition) is 6. The van der Waals surface area contributed by atoms with E-state index in [9.17, 15) is 4.79 Å². The maximum absolute atomic E-state index is 12.3. The lowest BCUT2D eigenvalue weighted by atomic mass is 10.3. The molecule has 7 nitrogen and oxygen atoms in total. The minimum atomic E-state index is -0.443. The van der Waals surface area contributed by atoms with Gasteiger partial charge in [-0.25, -0.2) is 4.98 Å². The molecule has 0 saturated carbocycles. The maximum Gasteiger partial charge on any atom is 0.238 e. The molecule has 0 radical (unpaired) electrons. The number of amides is 1. The molecule has 1 unspecified atom stereocenters. The average molecular weight is 395 g/mol. The van der Waals surface area contributed by atoms with Crippen LogP contribution in [0.2, 0.25) is 10.0 Å². The van der Waals surface area contributed by atoms with E-state index >= 15 is 0 Å². The van der Waals surface area contributed by atoms with Crippen LogP contribution in [0.4, 0.5) is 5.82 Å². The van der Waals surface area contributed by atoms with E-state index in [1.54, 1.807) is 37.3 Å². The molecule has 0 aliphatic carbocycles. The van der Waals surface area contributed by atoms with Crippen LogP contribution in [0.25, 0.3) is 5.69 Å². The molecule has 0 fully saturated rings. The van der Waals surface area contributed by atoms with Gasteiger partial charge in [0, 0.05) is 11.2 Å². The van der Waals surface area contributed by atoms with Crippen LogP contribution in [0.5, 0.6) is 0 Å². The predicted molar refractivity (Wildman–Crippen MR) is 97.4 cm³/mol. The van der Waals surface area contributed by atoms with E-state index in [0.29, 0.717) is 26.7 Å². The van der Waals surface area contributed by atoms with Crippen molar-refractivity contribution in [3.63, 3.8) is 0 Å². The Kier molecular flexibility index (Phi) is 5.52. The van der Waals surface area contributed by atoms with E-state index in [1.165, 1.54) is 22.6 Å². The van der Waals surface area contributed by atoms with Gasteiger partial charge in [-0.1, -0.05) is 41.0 Å². The number of carbonyl (C=O) groups excluding carboxylic acids is 1. The lowest BCUT2D eigenvalue weighted by Crippen LogP contribution is -2.23. The number of halogens is 2. The Labute approximate surface area is 157 Å². The van der Waals surface area contributed by atoms with Crippen LogP contribution >= 0.6 is 35.0 Å². The summed E-state index contributed by atoms with van der Waals surface area (Å²) in [5, 5.41) is 15.4. The third-order valence-corrected chi connectivity index (χ3v) is 4.62. The van der Waals surface area contributed by atoms with Crippen molar-refractivity contribution >= 4 is 46.7 Å². The van der Waals surface area contributed by atoms with E-state index in [1.807, 2.05) is 6.07 Å². The highest BCUT2D eigenvalue weighted by molar-refractivity contribution is 8.00. The molecule has 0 aliphatic rings. The summed E-state index contributed by atoms with van der Waals surface area (Å²) in [6.07, 6.45) is 1.47. The topological polar surface area (TPSA) is 85.6 Å². The standard InChI is InChI=1S/C15H12Cl2N6OS/c1-9(14(24)19-13-6-5-11(17)8-18-13)25-15-20-21-22-23(15)12-4-2-3-10(16)7-12/h2-9H,1H3,(H,18,19,24). The fourth-order valence-electron chi connectivity index (χ4n) is 1.91. The first-order chi connectivity index (χ1) is 12.0. The van der Waals surface area contributed by atoms with Gasteiger partial charge in [0.25, 0.3) is 0 Å². The molecule has 128 valence electrons. The SMILES string of the molecule is CC(Sc1nnnn1-c1cccc(Cl)c1)C(=O)Nc1ccc(Cl)cn1. The molecule has 1 N–H and O–H groups in total. The van der Waals surface area contributed by atoms with E-state index in [2.05, 4.69) is 25.8 Å². The number of anilines is 1. The summed E-state index contributed by atoms with van der Waals surface area (Å²) in [4.78, 5) is 16.4. The van der Waals surface area contributed by atoms with Crippen LogP contribution in [0.1, 0.15) is 6.92 Å². The number of aromatic nitrogens is 5. The van der Waals surface area contributed by atoms with Crippen molar-refractivity contribution in [2.45, 2.75) is 17.3 Å². The second-order valence-corrected chi connectivity index (χ2v) is 7.14. The largest absolute Gasteiger partial charge is 0.310 e. The Morgan fingerprint density at radius 3 is 2.80 bits per heavy atom. The van der Waals surface area contributed by atoms with Gasteiger partial charge in [-0.2, -0.15) is 4.68 Å². The van der Waals surface area contributed by atoms with Gasteiger partial charge >= 0.3 is 0 Å². The van der Waals surface area contributed by atoms with Gasteiger partial charge in [-0.05, 0) is 47.7 Å². The maximum atomic E-state index is 12.3. The third kappa shape index (κ3) is 4.47. The molecular formula is C15H12Cl2N6OS. The lowest BCUT2D eigenvalue weighted by Gasteiger charge is -2.11. The van der Waals surface area contributed by atoms with Crippen molar-refractivity contribution in [3.05, 3.63) is 52.6 Å². The Hall–Kier alpha value is -2.16. The predicted octanol–water partition coefficient (Wildman–Crippen LogP) is 3.48. The highest BCUT2D eigenvalue weighted by Crippen LogP contribution is 2.24. The van der Waals surface area contributed by atoms with Crippen molar-refractivity contribution < 1.29 is 4.79 Å². The summed E-state index contributed by atoms with van der Waals surface area (Å²) in [6, 6.07) is 10.4. The first-order valence-electron chi connectivity index (χ1n) is 7.16. The van der Waals surface area contributed by atoms with Crippen molar-refractivity contribution in [1.29, 1.82) is 0 Å². The Bertz CT molecular complexity index is 886. The zero-order valence-electron chi connectivity index (χ0n) is 12.9. The fourth-order valence-corrected chi connectivity index (χ4v) is 3.02. The van der Waals surface area contributed by atoms with Crippen molar-refractivity contribution in [1.82, 2.24) is 25.2 Å². The summed E-state index contributed by atoms with van der Waals surface area (Å²) in [6.45, 7) is 1.76. The van der Waals surface area contributed by atoms with Crippen molar-refractivity contribution in [3.8, 4) is 5.69 Å². The quantitative estimate of drug-likeness (QED) is 0.666. The molecular weight excluding hydrogens is 383 g/mol. The van der Waals surface area contributed by atoms with Crippen LogP contribution < -0.4 is 5.32 Å². The number of rotatable bonds is 5. The van der Waals surface area contributed by atoms with Gasteiger partial charge in [0.15, 0.2) is 0 Å². The third-order valence-electron chi connectivity index (χ3n) is 3.12. The molecule has 0 spiro atoms. The number of thioether (sulfide) groups is 1. The van der Waals surface area contributed by atoms with Gasteiger partial charge in [0.1, 0.15) is 5.82 Å². The summed E-state index contributed by atoms with van der Waals surface area (Å²) in [5.74, 6) is 0.205. The van der Waals surface area contributed by atoms with E-state index in [0.717, 1.165) is 0 Å². The first kappa shape index (κ1) is 17.7.